The molecule has 0 aliphatic heterocycles. The first-order valence-corrected chi connectivity index (χ1v) is 11.8. The SMILES string of the molecule is CCc1ccc2c(c1)sc(=NC(=O)c1ccc(S(=O)(=O)N(CC)CC)cc1)n2C. The molecule has 0 saturated heterocycles. The summed E-state index contributed by atoms with van der Waals surface area (Å²) in [5, 5.41) is 0. The van der Waals surface area contributed by atoms with E-state index in [2.05, 4.69) is 24.0 Å². The van der Waals surface area contributed by atoms with Gasteiger partial charge in [0.1, 0.15) is 0 Å². The van der Waals surface area contributed by atoms with Crippen LogP contribution in [0.3, 0.4) is 0 Å². The average Bonchev–Trinajstić information content (AvgIpc) is 3.03. The number of hydrogen-bond acceptors (Lipinski definition) is 4. The number of carbonyl (C=O) groups is 1. The highest BCUT2D eigenvalue weighted by Crippen LogP contribution is 2.19. The van der Waals surface area contributed by atoms with Crippen LogP contribution in [0.1, 0.15) is 36.7 Å². The van der Waals surface area contributed by atoms with Crippen LogP contribution in [0.2, 0.25) is 0 Å². The molecule has 1 amide bonds. The van der Waals surface area contributed by atoms with E-state index in [1.54, 1.807) is 13.8 Å². The lowest BCUT2D eigenvalue weighted by atomic mass is 10.2. The first-order chi connectivity index (χ1) is 13.8. The van der Waals surface area contributed by atoms with Crippen LogP contribution in [0.25, 0.3) is 10.2 Å². The number of rotatable bonds is 6. The lowest BCUT2D eigenvalue weighted by molar-refractivity contribution is 0.0998. The molecular weight excluding hydrogens is 406 g/mol. The zero-order valence-electron chi connectivity index (χ0n) is 17.0. The number of thiazole rings is 1. The van der Waals surface area contributed by atoms with Gasteiger partial charge in [-0.05, 0) is 48.4 Å². The fourth-order valence-corrected chi connectivity index (χ4v) is 5.68. The summed E-state index contributed by atoms with van der Waals surface area (Å²) in [5.74, 6) is -0.394. The smallest absolute Gasteiger partial charge is 0.279 e. The second kappa shape index (κ2) is 8.61. The molecule has 29 heavy (non-hydrogen) atoms. The number of carbonyl (C=O) groups excluding carboxylic acids is 1. The lowest BCUT2D eigenvalue weighted by Gasteiger charge is -2.18. The number of benzene rings is 2. The summed E-state index contributed by atoms with van der Waals surface area (Å²) in [5.41, 5.74) is 2.62. The summed E-state index contributed by atoms with van der Waals surface area (Å²) in [4.78, 5) is 17.7. The van der Waals surface area contributed by atoms with Gasteiger partial charge in [0.25, 0.3) is 5.91 Å². The molecule has 8 heteroatoms. The van der Waals surface area contributed by atoms with Gasteiger partial charge in [-0.1, -0.05) is 38.2 Å². The van der Waals surface area contributed by atoms with E-state index in [-0.39, 0.29) is 4.90 Å². The van der Waals surface area contributed by atoms with Gasteiger partial charge in [-0.2, -0.15) is 9.30 Å². The summed E-state index contributed by atoms with van der Waals surface area (Å²) >= 11 is 1.47. The van der Waals surface area contributed by atoms with Gasteiger partial charge in [0, 0.05) is 25.7 Å². The van der Waals surface area contributed by atoms with Crippen molar-refractivity contribution in [1.82, 2.24) is 8.87 Å². The molecule has 0 N–H and O–H groups in total. The van der Waals surface area contributed by atoms with Gasteiger partial charge < -0.3 is 4.57 Å². The van der Waals surface area contributed by atoms with Crippen molar-refractivity contribution in [3.05, 3.63) is 58.4 Å². The van der Waals surface area contributed by atoms with Gasteiger partial charge in [0.15, 0.2) is 4.80 Å². The van der Waals surface area contributed by atoms with Crippen molar-refractivity contribution in [2.75, 3.05) is 13.1 Å². The topological polar surface area (TPSA) is 71.7 Å². The van der Waals surface area contributed by atoms with E-state index in [1.165, 1.54) is 45.5 Å². The molecule has 2 aromatic carbocycles. The highest BCUT2D eigenvalue weighted by Gasteiger charge is 2.21. The summed E-state index contributed by atoms with van der Waals surface area (Å²) in [6.45, 7) is 6.50. The first kappa shape index (κ1) is 21.4. The number of hydrogen-bond donors (Lipinski definition) is 0. The molecule has 0 unspecified atom stereocenters. The standard InChI is InChI=1S/C21H25N3O3S2/c1-5-15-8-13-18-19(14-15)28-21(23(18)4)22-20(25)16-9-11-17(12-10-16)29(26,27)24(6-2)7-3/h8-14H,5-7H2,1-4H3. The first-order valence-electron chi connectivity index (χ1n) is 9.59. The van der Waals surface area contributed by atoms with Crippen molar-refractivity contribution in [3.63, 3.8) is 0 Å². The maximum atomic E-state index is 12.6. The van der Waals surface area contributed by atoms with Gasteiger partial charge in [-0.3, -0.25) is 4.79 Å². The number of sulfonamides is 1. The van der Waals surface area contributed by atoms with Crippen LogP contribution in [-0.2, 0) is 23.5 Å². The fraction of sp³-hybridized carbons (Fsp3) is 0.333. The van der Waals surface area contributed by atoms with Crippen molar-refractivity contribution < 1.29 is 13.2 Å². The fourth-order valence-electron chi connectivity index (χ4n) is 3.14. The van der Waals surface area contributed by atoms with Gasteiger partial charge in [0.05, 0.1) is 15.1 Å². The van der Waals surface area contributed by atoms with Gasteiger partial charge in [-0.25, -0.2) is 8.42 Å². The van der Waals surface area contributed by atoms with Crippen LogP contribution >= 0.6 is 11.3 Å². The molecule has 0 bridgehead atoms. The Bertz CT molecular complexity index is 1200. The Morgan fingerprint density at radius 3 is 2.31 bits per heavy atom. The van der Waals surface area contributed by atoms with E-state index >= 15 is 0 Å². The molecular formula is C21H25N3O3S2. The summed E-state index contributed by atoms with van der Waals surface area (Å²) in [7, 11) is -1.66. The van der Waals surface area contributed by atoms with Crippen LogP contribution in [0.4, 0.5) is 0 Å². The van der Waals surface area contributed by atoms with E-state index in [0.29, 0.717) is 23.5 Å². The highest BCUT2D eigenvalue weighted by molar-refractivity contribution is 7.89. The van der Waals surface area contributed by atoms with E-state index in [9.17, 15) is 13.2 Å². The number of amides is 1. The van der Waals surface area contributed by atoms with E-state index in [1.807, 2.05) is 17.7 Å². The Balaban J connectivity index is 1.94. The number of nitrogens with zero attached hydrogens (tertiary/aromatic N) is 3. The molecule has 0 saturated carbocycles. The average molecular weight is 432 g/mol. The Kier molecular flexibility index (Phi) is 6.36. The predicted molar refractivity (Wildman–Crippen MR) is 117 cm³/mol. The zero-order valence-corrected chi connectivity index (χ0v) is 18.7. The molecule has 0 spiro atoms. The Labute approximate surface area is 175 Å². The molecule has 0 aliphatic carbocycles. The van der Waals surface area contributed by atoms with Crippen molar-refractivity contribution >= 4 is 37.5 Å². The maximum absolute atomic E-state index is 12.6. The van der Waals surface area contributed by atoms with Crippen LogP contribution < -0.4 is 4.80 Å². The molecule has 6 nitrogen and oxygen atoms in total. The van der Waals surface area contributed by atoms with E-state index < -0.39 is 15.9 Å². The monoisotopic (exact) mass is 431 g/mol. The summed E-state index contributed by atoms with van der Waals surface area (Å²) in [6.07, 6.45) is 0.950. The number of fused-ring (bicyclic) bond motifs is 1. The lowest BCUT2D eigenvalue weighted by Crippen LogP contribution is -2.30. The van der Waals surface area contributed by atoms with Gasteiger partial charge in [-0.15, -0.1) is 0 Å². The molecule has 3 aromatic rings. The maximum Gasteiger partial charge on any atom is 0.279 e. The molecule has 3 rings (SSSR count). The predicted octanol–water partition coefficient (Wildman–Crippen LogP) is 3.57. The summed E-state index contributed by atoms with van der Waals surface area (Å²) in [6, 6.07) is 12.2. The van der Waals surface area contributed by atoms with Gasteiger partial charge >= 0.3 is 0 Å². The van der Waals surface area contributed by atoms with Crippen molar-refractivity contribution in [1.29, 1.82) is 0 Å². The third kappa shape index (κ3) is 4.19. The van der Waals surface area contributed by atoms with Gasteiger partial charge in [0.2, 0.25) is 10.0 Å². The molecule has 154 valence electrons. The minimum absolute atomic E-state index is 0.178. The normalized spacial score (nSPS) is 12.8. The van der Waals surface area contributed by atoms with Crippen LogP contribution in [0, 0.1) is 0 Å². The molecule has 0 aliphatic rings. The van der Waals surface area contributed by atoms with Crippen LogP contribution in [0.5, 0.6) is 0 Å². The third-order valence-corrected chi connectivity index (χ3v) is 8.08. The molecule has 1 aromatic heterocycles. The van der Waals surface area contributed by atoms with Crippen LogP contribution in [0.15, 0.2) is 52.4 Å². The Morgan fingerprint density at radius 1 is 1.07 bits per heavy atom. The minimum atomic E-state index is -3.54. The molecule has 0 fully saturated rings. The van der Waals surface area contributed by atoms with Crippen LogP contribution in [-0.4, -0.2) is 36.3 Å². The third-order valence-electron chi connectivity index (χ3n) is 4.92. The second-order valence-corrected chi connectivity index (χ2v) is 9.58. The number of aryl methyl sites for hydroxylation is 2. The van der Waals surface area contributed by atoms with Crippen molar-refractivity contribution in [2.45, 2.75) is 32.1 Å². The zero-order chi connectivity index (χ0) is 21.2. The highest BCUT2D eigenvalue weighted by atomic mass is 32.2. The second-order valence-electron chi connectivity index (χ2n) is 6.63. The van der Waals surface area contributed by atoms with E-state index in [4.69, 9.17) is 0 Å². The van der Waals surface area contributed by atoms with E-state index in [0.717, 1.165) is 16.6 Å². The van der Waals surface area contributed by atoms with Crippen molar-refractivity contribution in [2.24, 2.45) is 12.0 Å². The van der Waals surface area contributed by atoms with Crippen molar-refractivity contribution in [3.8, 4) is 0 Å². The molecule has 1 heterocycles. The Hall–Kier alpha value is -2.29. The molecule has 0 atom stereocenters. The summed E-state index contributed by atoms with van der Waals surface area (Å²) < 4.78 is 29.5. The largest absolute Gasteiger partial charge is 0.319 e. The molecule has 0 radical (unpaired) electrons. The quantitative estimate of drug-likeness (QED) is 0.599. The minimum Gasteiger partial charge on any atom is -0.319 e. The Morgan fingerprint density at radius 2 is 1.72 bits per heavy atom. The number of aromatic nitrogens is 1.